The number of phenols is 1. The molecule has 2 N–H and O–H groups in total. The summed E-state index contributed by atoms with van der Waals surface area (Å²) < 4.78 is 2.04. The molecule has 0 saturated carbocycles. The number of nitrogens with zero attached hydrogens (tertiary/aromatic N) is 3. The fourth-order valence-corrected chi connectivity index (χ4v) is 3.35. The number of hydrogen-bond donors (Lipinski definition) is 2. The largest absolute Gasteiger partial charge is 0.507 e. The summed E-state index contributed by atoms with van der Waals surface area (Å²) >= 11 is 5.37. The highest BCUT2D eigenvalue weighted by Gasteiger charge is 2.26. The Kier molecular flexibility index (Phi) is 5.50. The second-order valence-corrected chi connectivity index (χ2v) is 9.63. The average Bonchev–Trinajstić information content (AvgIpc) is 3.00. The molecule has 152 valence electrons. The monoisotopic (exact) mass is 408 g/mol. The lowest BCUT2D eigenvalue weighted by Crippen LogP contribution is -2.18. The van der Waals surface area contributed by atoms with Crippen LogP contribution in [0.1, 0.15) is 58.2 Å². The van der Waals surface area contributed by atoms with Crippen LogP contribution in [0.15, 0.2) is 47.6 Å². The van der Waals surface area contributed by atoms with Crippen molar-refractivity contribution in [2.45, 2.75) is 52.4 Å². The van der Waals surface area contributed by atoms with Crippen LogP contribution >= 0.6 is 12.2 Å². The molecule has 2 aromatic carbocycles. The lowest BCUT2D eigenvalue weighted by Gasteiger charge is -2.27. The normalized spacial score (nSPS) is 12.6. The number of nitrogens with one attached hydrogen (secondary N) is 1. The van der Waals surface area contributed by atoms with E-state index in [1.54, 1.807) is 10.9 Å². The van der Waals surface area contributed by atoms with Crippen LogP contribution < -0.4 is 0 Å². The number of phenolic OH excluding ortho intramolecular Hbond substituents is 1. The molecule has 0 atom stereocenters. The van der Waals surface area contributed by atoms with E-state index in [1.165, 1.54) is 0 Å². The highest BCUT2D eigenvalue weighted by Crippen LogP contribution is 2.39. The Morgan fingerprint density at radius 3 is 2.07 bits per heavy atom. The second kappa shape index (κ2) is 7.59. The van der Waals surface area contributed by atoms with Gasteiger partial charge in [-0.15, -0.1) is 0 Å². The van der Waals surface area contributed by atoms with Gasteiger partial charge in [0, 0.05) is 16.7 Å². The van der Waals surface area contributed by atoms with Crippen molar-refractivity contribution in [3.05, 3.63) is 63.9 Å². The van der Waals surface area contributed by atoms with Crippen LogP contribution in [0.5, 0.6) is 5.75 Å². The molecule has 1 aromatic heterocycles. The molecule has 0 unspecified atom stereocenters. The molecule has 3 aromatic rings. The summed E-state index contributed by atoms with van der Waals surface area (Å²) in [6.45, 7) is 12.6. The molecule has 29 heavy (non-hydrogen) atoms. The Morgan fingerprint density at radius 1 is 1.00 bits per heavy atom. The van der Waals surface area contributed by atoms with Crippen molar-refractivity contribution >= 4 is 18.4 Å². The van der Waals surface area contributed by atoms with Crippen molar-refractivity contribution in [2.75, 3.05) is 0 Å². The van der Waals surface area contributed by atoms with Gasteiger partial charge in [-0.1, -0.05) is 71.9 Å². The molecule has 0 spiro atoms. The number of hydrogen-bond acceptors (Lipinski definition) is 4. The molecule has 0 aliphatic carbocycles. The molecule has 0 bridgehead atoms. The van der Waals surface area contributed by atoms with Gasteiger partial charge in [0.1, 0.15) is 5.75 Å². The maximum absolute atomic E-state index is 10.9. The van der Waals surface area contributed by atoms with Crippen molar-refractivity contribution in [2.24, 2.45) is 5.10 Å². The third-order valence-electron chi connectivity index (χ3n) is 4.75. The summed E-state index contributed by atoms with van der Waals surface area (Å²) in [5.74, 6) is 1.00. The smallest absolute Gasteiger partial charge is 0.216 e. The van der Waals surface area contributed by atoms with Crippen molar-refractivity contribution in [1.82, 2.24) is 14.9 Å². The number of aromatic amines is 1. The van der Waals surface area contributed by atoms with Gasteiger partial charge in [-0.05, 0) is 40.7 Å². The van der Waals surface area contributed by atoms with Gasteiger partial charge in [0.05, 0.1) is 6.21 Å². The van der Waals surface area contributed by atoms with Gasteiger partial charge < -0.3 is 5.11 Å². The maximum atomic E-state index is 10.9. The van der Waals surface area contributed by atoms with E-state index < -0.39 is 0 Å². The van der Waals surface area contributed by atoms with Crippen LogP contribution in [0.2, 0.25) is 0 Å². The van der Waals surface area contributed by atoms with Crippen LogP contribution in [0.3, 0.4) is 0 Å². The Hall–Kier alpha value is -2.73. The number of aromatic hydroxyl groups is 1. The zero-order chi connectivity index (χ0) is 21.4. The van der Waals surface area contributed by atoms with Gasteiger partial charge in [-0.3, -0.25) is 0 Å². The predicted molar refractivity (Wildman–Crippen MR) is 121 cm³/mol. The quantitative estimate of drug-likeness (QED) is 0.426. The Bertz CT molecular complexity index is 1060. The maximum Gasteiger partial charge on any atom is 0.216 e. The number of rotatable bonds is 3. The van der Waals surface area contributed by atoms with Gasteiger partial charge in [0.2, 0.25) is 4.77 Å². The zero-order valence-corrected chi connectivity index (χ0v) is 18.6. The molecule has 1 heterocycles. The van der Waals surface area contributed by atoms with Crippen LogP contribution in [0, 0.1) is 4.77 Å². The fraction of sp³-hybridized carbons (Fsp3) is 0.348. The van der Waals surface area contributed by atoms with Gasteiger partial charge >= 0.3 is 0 Å². The molecule has 0 radical (unpaired) electrons. The molecule has 5 nitrogen and oxygen atoms in total. The van der Waals surface area contributed by atoms with E-state index in [2.05, 4.69) is 56.8 Å². The van der Waals surface area contributed by atoms with E-state index in [0.29, 0.717) is 16.3 Å². The molecular weight excluding hydrogens is 380 g/mol. The highest BCUT2D eigenvalue weighted by molar-refractivity contribution is 7.71. The van der Waals surface area contributed by atoms with Crippen molar-refractivity contribution in [3.8, 4) is 17.1 Å². The summed E-state index contributed by atoms with van der Waals surface area (Å²) in [6, 6.07) is 13.8. The molecule has 0 saturated heterocycles. The summed E-state index contributed by atoms with van der Waals surface area (Å²) in [4.78, 5) is 0. The predicted octanol–water partition coefficient (Wildman–Crippen LogP) is 5.79. The van der Waals surface area contributed by atoms with E-state index in [0.717, 1.165) is 22.3 Å². The Balaban J connectivity index is 2.11. The number of aromatic nitrogens is 3. The van der Waals surface area contributed by atoms with E-state index in [9.17, 15) is 5.11 Å². The first-order valence-corrected chi connectivity index (χ1v) is 10.0. The van der Waals surface area contributed by atoms with Crippen molar-refractivity contribution in [1.29, 1.82) is 0 Å². The molecule has 0 aliphatic rings. The second-order valence-electron chi connectivity index (χ2n) is 9.24. The van der Waals surface area contributed by atoms with Gasteiger partial charge in [0.15, 0.2) is 5.82 Å². The SMILES string of the molecule is CC(C)(C)c1cc(/C=N/n2c(-c3ccccc3)n[nH]c2=S)cc(C(C)(C)C)c1O. The van der Waals surface area contributed by atoms with Crippen LogP contribution in [0.4, 0.5) is 0 Å². The summed E-state index contributed by atoms with van der Waals surface area (Å²) in [5, 5.41) is 22.6. The van der Waals surface area contributed by atoms with Gasteiger partial charge in [-0.25, -0.2) is 5.10 Å². The number of H-pyrrole nitrogens is 1. The minimum Gasteiger partial charge on any atom is -0.507 e. The lowest BCUT2D eigenvalue weighted by atomic mass is 9.78. The third-order valence-corrected chi connectivity index (χ3v) is 5.02. The number of benzene rings is 2. The van der Waals surface area contributed by atoms with Crippen LogP contribution in [0.25, 0.3) is 11.4 Å². The molecule has 0 fully saturated rings. The van der Waals surface area contributed by atoms with Crippen molar-refractivity contribution < 1.29 is 5.11 Å². The Morgan fingerprint density at radius 2 is 1.55 bits per heavy atom. The van der Waals surface area contributed by atoms with E-state index in [1.807, 2.05) is 42.5 Å². The molecule has 0 aliphatic heterocycles. The van der Waals surface area contributed by atoms with E-state index in [-0.39, 0.29) is 10.8 Å². The van der Waals surface area contributed by atoms with E-state index >= 15 is 0 Å². The molecule has 0 amide bonds. The van der Waals surface area contributed by atoms with Gasteiger partial charge in [0.25, 0.3) is 0 Å². The van der Waals surface area contributed by atoms with E-state index in [4.69, 9.17) is 12.2 Å². The standard InChI is InChI=1S/C23H28N4OS/c1-22(2,3)17-12-15(13-18(19(17)28)23(4,5)6)14-24-27-20(25-26-21(27)29)16-10-8-7-9-11-16/h7-14,28H,1-6H3,(H,26,29)/b24-14+. The Labute approximate surface area is 177 Å². The van der Waals surface area contributed by atoms with Gasteiger partial charge in [-0.2, -0.15) is 14.9 Å². The zero-order valence-electron chi connectivity index (χ0n) is 17.8. The minimum absolute atomic E-state index is 0.199. The summed E-state index contributed by atoms with van der Waals surface area (Å²) in [5.41, 5.74) is 3.22. The minimum atomic E-state index is -0.199. The van der Waals surface area contributed by atoms with Crippen LogP contribution in [-0.4, -0.2) is 26.2 Å². The first-order chi connectivity index (χ1) is 13.5. The first-order valence-electron chi connectivity index (χ1n) is 9.63. The van der Waals surface area contributed by atoms with Crippen LogP contribution in [-0.2, 0) is 10.8 Å². The summed E-state index contributed by atoms with van der Waals surface area (Å²) in [7, 11) is 0. The molecular formula is C23H28N4OS. The molecule has 6 heteroatoms. The fourth-order valence-electron chi connectivity index (χ4n) is 3.17. The lowest BCUT2D eigenvalue weighted by molar-refractivity contribution is 0.423. The average molecular weight is 409 g/mol. The first kappa shape index (κ1) is 21.0. The summed E-state index contributed by atoms with van der Waals surface area (Å²) in [6.07, 6.45) is 1.77. The van der Waals surface area contributed by atoms with Crippen molar-refractivity contribution in [3.63, 3.8) is 0 Å². The topological polar surface area (TPSA) is 66.2 Å². The highest BCUT2D eigenvalue weighted by atomic mass is 32.1. The molecule has 3 rings (SSSR count). The third kappa shape index (κ3) is 4.48.